The number of rotatable bonds is 4. The van der Waals surface area contributed by atoms with E-state index in [-0.39, 0.29) is 18.3 Å². The normalized spacial score (nSPS) is 11.2. The van der Waals surface area contributed by atoms with E-state index in [9.17, 15) is 9.18 Å². The molecule has 4 heteroatoms. The summed E-state index contributed by atoms with van der Waals surface area (Å²) in [4.78, 5) is 11.4. The van der Waals surface area contributed by atoms with Crippen LogP contribution < -0.4 is 5.32 Å². The number of hydrogen-bond donors (Lipinski definition) is 1. The number of methoxy groups -OCH3 is 1. The highest BCUT2D eigenvalue weighted by Gasteiger charge is 2.27. The summed E-state index contributed by atoms with van der Waals surface area (Å²) in [6, 6.07) is 6.45. The molecule has 88 valence electrons. The third-order valence-electron chi connectivity index (χ3n) is 2.37. The Morgan fingerprint density at radius 2 is 2.06 bits per heavy atom. The molecule has 0 bridgehead atoms. The number of carbonyl (C=O) groups excluding carboxylic acids is 1. The van der Waals surface area contributed by atoms with Crippen molar-refractivity contribution in [1.82, 2.24) is 5.32 Å². The van der Waals surface area contributed by atoms with E-state index in [1.165, 1.54) is 13.2 Å². The second-order valence-corrected chi connectivity index (χ2v) is 4.06. The zero-order chi connectivity index (χ0) is 12.2. The Hall–Kier alpha value is -1.42. The highest BCUT2D eigenvalue weighted by molar-refractivity contribution is 5.79. The Balaban J connectivity index is 2.65. The van der Waals surface area contributed by atoms with Gasteiger partial charge < -0.3 is 4.74 Å². The number of hydrogen-bond acceptors (Lipinski definition) is 3. The third kappa shape index (κ3) is 3.03. The lowest BCUT2D eigenvalue weighted by atomic mass is 10.1. The fraction of sp³-hybridized carbons (Fsp3) is 0.417. The molecular weight excluding hydrogens is 209 g/mol. The van der Waals surface area contributed by atoms with Crippen LogP contribution in [0.25, 0.3) is 0 Å². The van der Waals surface area contributed by atoms with Crippen molar-refractivity contribution < 1.29 is 13.9 Å². The molecule has 3 nitrogen and oxygen atoms in total. The second kappa shape index (κ2) is 5.07. The molecule has 0 aromatic heterocycles. The Morgan fingerprint density at radius 1 is 1.44 bits per heavy atom. The predicted molar refractivity (Wildman–Crippen MR) is 59.3 cm³/mol. The number of benzene rings is 1. The van der Waals surface area contributed by atoms with Gasteiger partial charge >= 0.3 is 5.97 Å². The summed E-state index contributed by atoms with van der Waals surface area (Å²) in [7, 11) is 1.33. The van der Waals surface area contributed by atoms with Gasteiger partial charge in [0.25, 0.3) is 0 Å². The maximum absolute atomic E-state index is 13.3. The second-order valence-electron chi connectivity index (χ2n) is 4.06. The zero-order valence-electron chi connectivity index (χ0n) is 9.71. The van der Waals surface area contributed by atoms with Gasteiger partial charge in [0.15, 0.2) is 0 Å². The summed E-state index contributed by atoms with van der Waals surface area (Å²) in [5.41, 5.74) is -0.295. The van der Waals surface area contributed by atoms with Gasteiger partial charge in [-0.3, -0.25) is 10.1 Å². The van der Waals surface area contributed by atoms with Crippen LogP contribution in [0.2, 0.25) is 0 Å². The summed E-state index contributed by atoms with van der Waals surface area (Å²) in [5.74, 6) is -0.653. The number of carbonyl (C=O) groups is 1. The Labute approximate surface area is 94.6 Å². The van der Waals surface area contributed by atoms with Gasteiger partial charge in [-0.1, -0.05) is 18.2 Å². The molecule has 1 aromatic rings. The quantitative estimate of drug-likeness (QED) is 0.795. The molecule has 0 radical (unpaired) electrons. The summed E-state index contributed by atoms with van der Waals surface area (Å²) < 4.78 is 17.9. The van der Waals surface area contributed by atoms with Crippen molar-refractivity contribution in [3.05, 3.63) is 35.6 Å². The largest absolute Gasteiger partial charge is 0.468 e. The molecule has 0 unspecified atom stereocenters. The van der Waals surface area contributed by atoms with E-state index in [1.807, 2.05) is 0 Å². The lowest BCUT2D eigenvalue weighted by Crippen LogP contribution is -2.47. The first-order valence-corrected chi connectivity index (χ1v) is 5.04. The highest BCUT2D eigenvalue weighted by atomic mass is 19.1. The van der Waals surface area contributed by atoms with E-state index < -0.39 is 5.54 Å². The molecule has 0 aliphatic rings. The van der Waals surface area contributed by atoms with Crippen LogP contribution in [0.3, 0.4) is 0 Å². The van der Waals surface area contributed by atoms with Crippen molar-refractivity contribution in [3.8, 4) is 0 Å². The van der Waals surface area contributed by atoms with Gasteiger partial charge in [-0.15, -0.1) is 0 Å². The maximum atomic E-state index is 13.3. The van der Waals surface area contributed by atoms with Crippen molar-refractivity contribution in [2.24, 2.45) is 0 Å². The molecule has 0 heterocycles. The van der Waals surface area contributed by atoms with Gasteiger partial charge in [0, 0.05) is 12.1 Å². The lowest BCUT2D eigenvalue weighted by molar-refractivity contribution is -0.147. The molecule has 0 aliphatic heterocycles. The molecular formula is C12H16FNO2. The van der Waals surface area contributed by atoms with E-state index in [2.05, 4.69) is 10.1 Å². The summed E-state index contributed by atoms with van der Waals surface area (Å²) >= 11 is 0. The molecule has 0 saturated heterocycles. The first kappa shape index (κ1) is 12.6. The molecule has 0 saturated carbocycles. The van der Waals surface area contributed by atoms with Gasteiger partial charge in [0.05, 0.1) is 7.11 Å². The molecule has 1 aromatic carbocycles. The molecule has 0 aliphatic carbocycles. The number of nitrogens with one attached hydrogen (secondary N) is 1. The Kier molecular flexibility index (Phi) is 4.01. The number of esters is 1. The number of halogens is 1. The third-order valence-corrected chi connectivity index (χ3v) is 2.37. The van der Waals surface area contributed by atoms with Crippen molar-refractivity contribution >= 4 is 5.97 Å². The van der Waals surface area contributed by atoms with Crippen molar-refractivity contribution in [3.63, 3.8) is 0 Å². The fourth-order valence-electron chi connectivity index (χ4n) is 1.29. The Morgan fingerprint density at radius 3 is 2.62 bits per heavy atom. The van der Waals surface area contributed by atoms with Gasteiger partial charge in [-0.25, -0.2) is 4.39 Å². The van der Waals surface area contributed by atoms with Crippen LogP contribution in [0.15, 0.2) is 24.3 Å². The fourth-order valence-corrected chi connectivity index (χ4v) is 1.29. The van der Waals surface area contributed by atoms with Crippen LogP contribution in [-0.4, -0.2) is 18.6 Å². The molecule has 1 rings (SSSR count). The average Bonchev–Trinajstić information content (AvgIpc) is 2.27. The smallest absolute Gasteiger partial charge is 0.325 e. The summed E-state index contributed by atoms with van der Waals surface area (Å²) in [6.07, 6.45) is 0. The van der Waals surface area contributed by atoms with Crippen molar-refractivity contribution in [2.45, 2.75) is 25.9 Å². The van der Waals surface area contributed by atoms with Crippen LogP contribution >= 0.6 is 0 Å². The van der Waals surface area contributed by atoms with Gasteiger partial charge in [-0.2, -0.15) is 0 Å². The summed E-state index contributed by atoms with van der Waals surface area (Å²) in [6.45, 7) is 3.67. The number of ether oxygens (including phenoxy) is 1. The van der Waals surface area contributed by atoms with E-state index in [0.717, 1.165) is 0 Å². The van der Waals surface area contributed by atoms with Gasteiger partial charge in [-0.05, 0) is 19.9 Å². The highest BCUT2D eigenvalue weighted by Crippen LogP contribution is 2.10. The maximum Gasteiger partial charge on any atom is 0.325 e. The van der Waals surface area contributed by atoms with E-state index in [4.69, 9.17) is 0 Å². The molecule has 1 N–H and O–H groups in total. The van der Waals surface area contributed by atoms with Crippen LogP contribution in [0.1, 0.15) is 19.4 Å². The van der Waals surface area contributed by atoms with Crippen LogP contribution in [-0.2, 0) is 16.1 Å². The topological polar surface area (TPSA) is 38.3 Å². The molecule has 0 spiro atoms. The molecule has 16 heavy (non-hydrogen) atoms. The predicted octanol–water partition coefficient (Wildman–Crippen LogP) is 1.87. The minimum Gasteiger partial charge on any atom is -0.468 e. The summed E-state index contributed by atoms with van der Waals surface area (Å²) in [5, 5.41) is 2.95. The minimum absolute atomic E-state index is 0.282. The van der Waals surface area contributed by atoms with E-state index in [1.54, 1.807) is 32.0 Å². The molecule has 0 atom stereocenters. The van der Waals surface area contributed by atoms with Crippen LogP contribution in [0.5, 0.6) is 0 Å². The Bertz CT molecular complexity index is 377. The van der Waals surface area contributed by atoms with Gasteiger partial charge in [0.2, 0.25) is 0 Å². The zero-order valence-corrected chi connectivity index (χ0v) is 9.71. The average molecular weight is 225 g/mol. The van der Waals surface area contributed by atoms with E-state index >= 15 is 0 Å². The van der Waals surface area contributed by atoms with Crippen molar-refractivity contribution in [1.29, 1.82) is 0 Å². The molecule has 0 amide bonds. The van der Waals surface area contributed by atoms with Crippen molar-refractivity contribution in [2.75, 3.05) is 7.11 Å². The van der Waals surface area contributed by atoms with E-state index in [0.29, 0.717) is 5.56 Å². The first-order chi connectivity index (χ1) is 7.47. The van der Waals surface area contributed by atoms with Crippen LogP contribution in [0, 0.1) is 5.82 Å². The molecule has 0 fully saturated rings. The van der Waals surface area contributed by atoms with Gasteiger partial charge in [0.1, 0.15) is 11.4 Å². The first-order valence-electron chi connectivity index (χ1n) is 5.04. The van der Waals surface area contributed by atoms with Crippen LogP contribution in [0.4, 0.5) is 4.39 Å². The monoisotopic (exact) mass is 225 g/mol. The minimum atomic E-state index is -0.822. The lowest BCUT2D eigenvalue weighted by Gasteiger charge is -2.23. The SMILES string of the molecule is COC(=O)C(C)(C)NCc1ccccc1F. The standard InChI is InChI=1S/C12H16FNO2/c1-12(2,11(15)16-3)14-8-9-6-4-5-7-10(9)13/h4-7,14H,8H2,1-3H3.